The lowest BCUT2D eigenvalue weighted by Gasteiger charge is -2.10. The van der Waals surface area contributed by atoms with Crippen molar-refractivity contribution in [3.8, 4) is 17.6 Å². The van der Waals surface area contributed by atoms with E-state index in [1.165, 1.54) is 0 Å². The van der Waals surface area contributed by atoms with Crippen molar-refractivity contribution in [2.45, 2.75) is 4.90 Å². The molecule has 0 aromatic heterocycles. The Morgan fingerprint density at radius 1 is 1.11 bits per heavy atom. The van der Waals surface area contributed by atoms with Gasteiger partial charge >= 0.3 is 0 Å². The van der Waals surface area contributed by atoms with Crippen LogP contribution in [0.2, 0.25) is 0 Å². The summed E-state index contributed by atoms with van der Waals surface area (Å²) in [7, 11) is 0. The van der Waals surface area contributed by atoms with Crippen molar-refractivity contribution in [3.05, 3.63) is 51.6 Å². The van der Waals surface area contributed by atoms with E-state index in [1.807, 2.05) is 48.7 Å². The van der Waals surface area contributed by atoms with Crippen LogP contribution in [-0.2, 0) is 0 Å². The molecule has 0 N–H and O–H groups in total. The maximum absolute atomic E-state index is 9.23. The van der Waals surface area contributed by atoms with Crippen LogP contribution in [0.3, 0.4) is 0 Å². The summed E-state index contributed by atoms with van der Waals surface area (Å²) in [6.07, 6.45) is 1.95. The Balaban J connectivity index is 2.42. The van der Waals surface area contributed by atoms with Gasteiger partial charge in [-0.3, -0.25) is 0 Å². The molecular formula is C14H10INOS. The Bertz CT molecular complexity index is 607. The van der Waals surface area contributed by atoms with Crippen molar-refractivity contribution >= 4 is 34.4 Å². The highest BCUT2D eigenvalue weighted by Gasteiger charge is 2.10. The Morgan fingerprint density at radius 3 is 2.50 bits per heavy atom. The minimum atomic E-state index is 0.588. The summed E-state index contributed by atoms with van der Waals surface area (Å²) in [4.78, 5) is 0.931. The van der Waals surface area contributed by atoms with Gasteiger partial charge < -0.3 is 4.74 Å². The predicted molar refractivity (Wildman–Crippen MR) is 82.2 cm³/mol. The first-order chi connectivity index (χ1) is 8.76. The average molecular weight is 367 g/mol. The first-order valence-electron chi connectivity index (χ1n) is 5.25. The second kappa shape index (κ2) is 6.12. The molecule has 90 valence electrons. The molecule has 0 saturated heterocycles. The fourth-order valence-electron chi connectivity index (χ4n) is 1.52. The van der Waals surface area contributed by atoms with E-state index >= 15 is 0 Å². The van der Waals surface area contributed by atoms with Gasteiger partial charge in [-0.2, -0.15) is 5.26 Å². The molecule has 2 aromatic rings. The molecule has 2 aromatic carbocycles. The molecule has 0 amide bonds. The molecule has 0 unspecified atom stereocenters. The molecule has 0 heterocycles. The Kier molecular flexibility index (Phi) is 4.50. The van der Waals surface area contributed by atoms with Crippen molar-refractivity contribution in [1.82, 2.24) is 0 Å². The topological polar surface area (TPSA) is 33.0 Å². The van der Waals surface area contributed by atoms with E-state index in [1.54, 1.807) is 11.8 Å². The van der Waals surface area contributed by atoms with Crippen LogP contribution in [0.15, 0.2) is 47.4 Å². The molecule has 0 aliphatic carbocycles. The smallest absolute Gasteiger partial charge is 0.146 e. The van der Waals surface area contributed by atoms with E-state index in [2.05, 4.69) is 28.7 Å². The van der Waals surface area contributed by atoms with Gasteiger partial charge in [0.05, 0.1) is 3.57 Å². The average Bonchev–Trinajstić information content (AvgIpc) is 2.41. The standard InChI is InChI=1S/C14H10INOS/c1-18-14-8-4-7-12(10(14)9-16)17-13-6-3-2-5-11(13)15/h2-8H,1H3. The molecule has 0 fully saturated rings. The molecule has 4 heteroatoms. The first-order valence-corrected chi connectivity index (χ1v) is 7.56. The summed E-state index contributed by atoms with van der Waals surface area (Å²) in [5, 5.41) is 9.23. The summed E-state index contributed by atoms with van der Waals surface area (Å²) < 4.78 is 6.85. The zero-order valence-corrected chi connectivity index (χ0v) is 12.7. The summed E-state index contributed by atoms with van der Waals surface area (Å²) in [5.74, 6) is 1.38. The van der Waals surface area contributed by atoms with Crippen LogP contribution >= 0.6 is 34.4 Å². The highest BCUT2D eigenvalue weighted by atomic mass is 127. The van der Waals surface area contributed by atoms with Crippen LogP contribution in [0.5, 0.6) is 11.5 Å². The number of ether oxygens (including phenoxy) is 1. The van der Waals surface area contributed by atoms with Gasteiger partial charge in [-0.15, -0.1) is 11.8 Å². The third-order valence-electron chi connectivity index (χ3n) is 2.38. The van der Waals surface area contributed by atoms with Crippen LogP contribution in [0.4, 0.5) is 0 Å². The zero-order chi connectivity index (χ0) is 13.0. The van der Waals surface area contributed by atoms with E-state index in [9.17, 15) is 5.26 Å². The minimum absolute atomic E-state index is 0.588. The van der Waals surface area contributed by atoms with Crippen LogP contribution in [0.25, 0.3) is 0 Å². The monoisotopic (exact) mass is 367 g/mol. The van der Waals surface area contributed by atoms with Crippen LogP contribution in [0.1, 0.15) is 5.56 Å². The first kappa shape index (κ1) is 13.2. The van der Waals surface area contributed by atoms with E-state index < -0.39 is 0 Å². The van der Waals surface area contributed by atoms with E-state index in [0.717, 1.165) is 14.2 Å². The van der Waals surface area contributed by atoms with Crippen molar-refractivity contribution in [2.75, 3.05) is 6.26 Å². The van der Waals surface area contributed by atoms with Gasteiger partial charge in [-0.25, -0.2) is 0 Å². The van der Waals surface area contributed by atoms with Gasteiger partial charge in [0.1, 0.15) is 23.1 Å². The van der Waals surface area contributed by atoms with Gasteiger partial charge in [0.15, 0.2) is 0 Å². The molecule has 18 heavy (non-hydrogen) atoms. The molecule has 0 aliphatic heterocycles. The lowest BCUT2D eigenvalue weighted by atomic mass is 10.2. The lowest BCUT2D eigenvalue weighted by Crippen LogP contribution is -1.91. The number of nitrogens with zero attached hydrogens (tertiary/aromatic N) is 1. The number of halogens is 1. The second-order valence-corrected chi connectivity index (χ2v) is 5.49. The normalized spacial score (nSPS) is 9.83. The molecule has 0 saturated carbocycles. The second-order valence-electron chi connectivity index (χ2n) is 3.48. The number of hydrogen-bond donors (Lipinski definition) is 0. The molecular weight excluding hydrogens is 357 g/mol. The maximum atomic E-state index is 9.23. The minimum Gasteiger partial charge on any atom is -0.455 e. The number of thioether (sulfide) groups is 1. The van der Waals surface area contributed by atoms with Gasteiger partial charge in [-0.1, -0.05) is 18.2 Å². The van der Waals surface area contributed by atoms with Crippen molar-refractivity contribution in [2.24, 2.45) is 0 Å². The lowest BCUT2D eigenvalue weighted by molar-refractivity contribution is 0.476. The molecule has 2 nitrogen and oxygen atoms in total. The highest BCUT2D eigenvalue weighted by Crippen LogP contribution is 2.33. The summed E-state index contributed by atoms with van der Waals surface area (Å²) in [6.45, 7) is 0. The number of nitriles is 1. The van der Waals surface area contributed by atoms with Crippen LogP contribution in [0, 0.1) is 14.9 Å². The number of para-hydroxylation sites is 1. The molecule has 2 rings (SSSR count). The maximum Gasteiger partial charge on any atom is 0.146 e. The Morgan fingerprint density at radius 2 is 1.83 bits per heavy atom. The van der Waals surface area contributed by atoms with Crippen molar-refractivity contribution in [1.29, 1.82) is 5.26 Å². The van der Waals surface area contributed by atoms with Crippen molar-refractivity contribution in [3.63, 3.8) is 0 Å². The molecule has 0 radical (unpaired) electrons. The Hall–Kier alpha value is -1.19. The summed E-state index contributed by atoms with van der Waals surface area (Å²) in [6, 6.07) is 15.6. The van der Waals surface area contributed by atoms with Crippen molar-refractivity contribution < 1.29 is 4.74 Å². The molecule has 0 aliphatic rings. The van der Waals surface area contributed by atoms with Crippen LogP contribution in [-0.4, -0.2) is 6.26 Å². The molecule has 0 spiro atoms. The Labute approximate surface area is 124 Å². The molecule has 0 bridgehead atoms. The van der Waals surface area contributed by atoms with E-state index in [0.29, 0.717) is 11.3 Å². The SMILES string of the molecule is CSc1cccc(Oc2ccccc2I)c1C#N. The predicted octanol–water partition coefficient (Wildman–Crippen LogP) is 4.68. The fourth-order valence-corrected chi connectivity index (χ4v) is 2.58. The van der Waals surface area contributed by atoms with Gasteiger partial charge in [-0.05, 0) is 53.1 Å². The number of rotatable bonds is 3. The van der Waals surface area contributed by atoms with Gasteiger partial charge in [0, 0.05) is 4.90 Å². The van der Waals surface area contributed by atoms with Crippen LogP contribution < -0.4 is 4.74 Å². The number of hydrogen-bond acceptors (Lipinski definition) is 3. The highest BCUT2D eigenvalue weighted by molar-refractivity contribution is 14.1. The van der Waals surface area contributed by atoms with E-state index in [-0.39, 0.29) is 0 Å². The third kappa shape index (κ3) is 2.79. The summed E-state index contributed by atoms with van der Waals surface area (Å²) in [5.41, 5.74) is 0.588. The zero-order valence-electron chi connectivity index (χ0n) is 9.68. The molecule has 0 atom stereocenters. The number of benzene rings is 2. The largest absolute Gasteiger partial charge is 0.455 e. The third-order valence-corrected chi connectivity index (χ3v) is 4.05. The van der Waals surface area contributed by atoms with Gasteiger partial charge in [0.2, 0.25) is 0 Å². The summed E-state index contributed by atoms with van der Waals surface area (Å²) >= 11 is 3.76. The van der Waals surface area contributed by atoms with Gasteiger partial charge in [0.25, 0.3) is 0 Å². The quantitative estimate of drug-likeness (QED) is 0.584. The fraction of sp³-hybridized carbons (Fsp3) is 0.0714. The van der Waals surface area contributed by atoms with E-state index in [4.69, 9.17) is 4.74 Å².